The van der Waals surface area contributed by atoms with Gasteiger partial charge in [0.05, 0.1) is 5.75 Å². The number of nitrogens with one attached hydrogen (secondary N) is 1. The quantitative estimate of drug-likeness (QED) is 0.624. The highest BCUT2D eigenvalue weighted by Gasteiger charge is 2.09. The van der Waals surface area contributed by atoms with Gasteiger partial charge >= 0.3 is 0 Å². The molecular formula is C15H17N3O3S. The van der Waals surface area contributed by atoms with Crippen LogP contribution in [0.25, 0.3) is 0 Å². The van der Waals surface area contributed by atoms with Crippen LogP contribution in [0.3, 0.4) is 0 Å². The Morgan fingerprint density at radius 2 is 1.95 bits per heavy atom. The Hall–Kier alpha value is -2.15. The van der Waals surface area contributed by atoms with Gasteiger partial charge in [0, 0.05) is 17.7 Å². The van der Waals surface area contributed by atoms with Gasteiger partial charge in [0.2, 0.25) is 11.8 Å². The number of Topliss-reactive ketones (excluding diaryl/α,β-unsaturated/α-hetero) is 1. The van der Waals surface area contributed by atoms with Crippen molar-refractivity contribution in [2.24, 2.45) is 0 Å². The highest BCUT2D eigenvalue weighted by Crippen LogP contribution is 2.17. The molecule has 1 aromatic carbocycles. The van der Waals surface area contributed by atoms with Crippen molar-refractivity contribution in [1.82, 2.24) is 10.2 Å². The molecule has 2 rings (SSSR count). The van der Waals surface area contributed by atoms with Crippen molar-refractivity contribution in [3.05, 3.63) is 35.7 Å². The van der Waals surface area contributed by atoms with E-state index in [4.69, 9.17) is 4.42 Å². The summed E-state index contributed by atoms with van der Waals surface area (Å²) in [6.45, 7) is 3.53. The average Bonchev–Trinajstić information content (AvgIpc) is 2.94. The molecule has 0 atom stereocenters. The van der Waals surface area contributed by atoms with Crippen LogP contribution in [0.4, 0.5) is 5.69 Å². The molecule has 0 radical (unpaired) electrons. The molecule has 0 saturated heterocycles. The number of carbonyl (C=O) groups excluding carboxylic acids is 2. The Kier molecular flexibility index (Phi) is 5.71. The molecule has 1 aromatic heterocycles. The highest BCUT2D eigenvalue weighted by molar-refractivity contribution is 7.99. The number of ketones is 1. The van der Waals surface area contributed by atoms with E-state index in [1.54, 1.807) is 24.3 Å². The summed E-state index contributed by atoms with van der Waals surface area (Å²) in [6, 6.07) is 6.76. The summed E-state index contributed by atoms with van der Waals surface area (Å²) in [5.41, 5.74) is 1.26. The molecule has 2 aromatic rings. The zero-order valence-electron chi connectivity index (χ0n) is 12.5. The topological polar surface area (TPSA) is 85.1 Å². The van der Waals surface area contributed by atoms with Crippen molar-refractivity contribution >= 4 is 29.1 Å². The predicted molar refractivity (Wildman–Crippen MR) is 84.1 cm³/mol. The molecule has 0 aliphatic heterocycles. The van der Waals surface area contributed by atoms with E-state index in [0.717, 1.165) is 12.8 Å². The third kappa shape index (κ3) is 4.70. The minimum atomic E-state index is -0.171. The number of hydrogen-bond acceptors (Lipinski definition) is 6. The fourth-order valence-electron chi connectivity index (χ4n) is 1.72. The van der Waals surface area contributed by atoms with Gasteiger partial charge in [-0.15, -0.1) is 10.2 Å². The Balaban J connectivity index is 1.83. The minimum absolute atomic E-state index is 0.00675. The van der Waals surface area contributed by atoms with Crippen molar-refractivity contribution in [2.45, 2.75) is 31.9 Å². The van der Waals surface area contributed by atoms with Gasteiger partial charge in [0.25, 0.3) is 5.22 Å². The van der Waals surface area contributed by atoms with Gasteiger partial charge in [-0.25, -0.2) is 0 Å². The Labute approximate surface area is 132 Å². The summed E-state index contributed by atoms with van der Waals surface area (Å²) in [6.07, 6.45) is 1.67. The van der Waals surface area contributed by atoms with E-state index < -0.39 is 0 Å². The Morgan fingerprint density at radius 1 is 1.23 bits per heavy atom. The molecule has 0 saturated carbocycles. The number of amides is 1. The minimum Gasteiger partial charge on any atom is -0.416 e. The van der Waals surface area contributed by atoms with Crippen molar-refractivity contribution < 1.29 is 14.0 Å². The maximum atomic E-state index is 11.8. The van der Waals surface area contributed by atoms with Crippen molar-refractivity contribution in [3.63, 3.8) is 0 Å². The summed E-state index contributed by atoms with van der Waals surface area (Å²) in [5, 5.41) is 10.9. The smallest absolute Gasteiger partial charge is 0.277 e. The monoisotopic (exact) mass is 319 g/mol. The largest absolute Gasteiger partial charge is 0.416 e. The lowest BCUT2D eigenvalue weighted by molar-refractivity contribution is -0.113. The fourth-order valence-corrected chi connectivity index (χ4v) is 2.30. The molecule has 0 spiro atoms. The van der Waals surface area contributed by atoms with Crippen LogP contribution in [0.15, 0.2) is 33.9 Å². The van der Waals surface area contributed by atoms with Crippen LogP contribution in [0.2, 0.25) is 0 Å². The number of benzene rings is 1. The maximum Gasteiger partial charge on any atom is 0.277 e. The van der Waals surface area contributed by atoms with E-state index in [9.17, 15) is 9.59 Å². The molecule has 1 N–H and O–H groups in total. The molecule has 0 bridgehead atoms. The zero-order valence-corrected chi connectivity index (χ0v) is 13.3. The molecule has 0 aliphatic rings. The number of aryl methyl sites for hydroxylation is 1. The number of aromatic nitrogens is 2. The van der Waals surface area contributed by atoms with Crippen LogP contribution in [0, 0.1) is 0 Å². The zero-order chi connectivity index (χ0) is 15.9. The fraction of sp³-hybridized carbons (Fsp3) is 0.333. The van der Waals surface area contributed by atoms with Crippen LogP contribution in [-0.2, 0) is 11.2 Å². The molecule has 0 unspecified atom stereocenters. The first-order valence-electron chi connectivity index (χ1n) is 6.94. The normalized spacial score (nSPS) is 10.5. The van der Waals surface area contributed by atoms with Crippen molar-refractivity contribution in [3.8, 4) is 0 Å². The summed E-state index contributed by atoms with van der Waals surface area (Å²) in [5.74, 6) is 0.594. The molecule has 0 aliphatic carbocycles. The van der Waals surface area contributed by atoms with E-state index >= 15 is 0 Å². The highest BCUT2D eigenvalue weighted by atomic mass is 32.2. The number of anilines is 1. The number of rotatable bonds is 7. The van der Waals surface area contributed by atoms with E-state index in [-0.39, 0.29) is 17.4 Å². The van der Waals surface area contributed by atoms with Gasteiger partial charge in [-0.05, 0) is 37.6 Å². The lowest BCUT2D eigenvalue weighted by Crippen LogP contribution is -2.14. The van der Waals surface area contributed by atoms with Gasteiger partial charge < -0.3 is 9.73 Å². The van der Waals surface area contributed by atoms with E-state index in [0.29, 0.717) is 22.4 Å². The number of nitrogens with zero attached hydrogens (tertiary/aromatic N) is 2. The first kappa shape index (κ1) is 16.2. The molecule has 1 heterocycles. The molecule has 1 amide bonds. The van der Waals surface area contributed by atoms with E-state index in [1.807, 2.05) is 6.92 Å². The number of carbonyl (C=O) groups is 2. The third-order valence-electron chi connectivity index (χ3n) is 2.81. The number of thioether (sulfide) groups is 1. The molecule has 7 heteroatoms. The summed E-state index contributed by atoms with van der Waals surface area (Å²) in [7, 11) is 0. The van der Waals surface area contributed by atoms with Crippen LogP contribution in [0.1, 0.15) is 36.5 Å². The van der Waals surface area contributed by atoms with Crippen LogP contribution in [-0.4, -0.2) is 27.6 Å². The Bertz CT molecular complexity index is 652. The predicted octanol–water partition coefficient (Wildman–Crippen LogP) is 2.96. The van der Waals surface area contributed by atoms with Crippen LogP contribution < -0.4 is 5.32 Å². The second-order valence-electron chi connectivity index (χ2n) is 4.68. The SMILES string of the molecule is CCCc1nnc(SCC(=O)Nc2ccc(C(C)=O)cc2)o1. The van der Waals surface area contributed by atoms with Gasteiger partial charge in [-0.2, -0.15) is 0 Å². The van der Waals surface area contributed by atoms with Gasteiger partial charge in [-0.3, -0.25) is 9.59 Å². The summed E-state index contributed by atoms with van der Waals surface area (Å²) >= 11 is 1.20. The standard InChI is InChI=1S/C15H17N3O3S/c1-3-4-14-17-18-15(21-14)22-9-13(20)16-12-7-5-11(6-8-12)10(2)19/h5-8H,3-4,9H2,1-2H3,(H,16,20). The van der Waals surface area contributed by atoms with E-state index in [2.05, 4.69) is 15.5 Å². The summed E-state index contributed by atoms with van der Waals surface area (Å²) < 4.78 is 5.39. The van der Waals surface area contributed by atoms with Gasteiger partial charge in [-0.1, -0.05) is 18.7 Å². The Morgan fingerprint density at radius 3 is 2.59 bits per heavy atom. The van der Waals surface area contributed by atoms with Crippen LogP contribution >= 0.6 is 11.8 Å². The lowest BCUT2D eigenvalue weighted by atomic mass is 10.1. The molecule has 6 nitrogen and oxygen atoms in total. The van der Waals surface area contributed by atoms with Crippen LogP contribution in [0.5, 0.6) is 0 Å². The number of hydrogen-bond donors (Lipinski definition) is 1. The van der Waals surface area contributed by atoms with Gasteiger partial charge in [0.1, 0.15) is 0 Å². The average molecular weight is 319 g/mol. The lowest BCUT2D eigenvalue weighted by Gasteiger charge is -2.04. The molecular weight excluding hydrogens is 302 g/mol. The molecule has 22 heavy (non-hydrogen) atoms. The second-order valence-corrected chi connectivity index (χ2v) is 5.61. The summed E-state index contributed by atoms with van der Waals surface area (Å²) in [4.78, 5) is 23.0. The third-order valence-corrected chi connectivity index (χ3v) is 3.63. The van der Waals surface area contributed by atoms with E-state index in [1.165, 1.54) is 18.7 Å². The van der Waals surface area contributed by atoms with Crippen molar-refractivity contribution in [2.75, 3.05) is 11.1 Å². The molecule has 0 fully saturated rings. The second kappa shape index (κ2) is 7.74. The van der Waals surface area contributed by atoms with Crippen molar-refractivity contribution in [1.29, 1.82) is 0 Å². The first-order chi connectivity index (χ1) is 10.6. The maximum absolute atomic E-state index is 11.8. The first-order valence-corrected chi connectivity index (χ1v) is 7.93. The van der Waals surface area contributed by atoms with Gasteiger partial charge in [0.15, 0.2) is 5.78 Å². The molecule has 116 valence electrons.